The average Bonchev–Trinajstić information content (AvgIpc) is 2.75. The summed E-state index contributed by atoms with van der Waals surface area (Å²) in [6, 6.07) is 1.81. The summed E-state index contributed by atoms with van der Waals surface area (Å²) in [5, 5.41) is 0. The topological polar surface area (TPSA) is 49.7 Å². The fourth-order valence-corrected chi connectivity index (χ4v) is 2.50. The molecule has 22 heavy (non-hydrogen) atoms. The van der Waals surface area contributed by atoms with Gasteiger partial charge in [-0.15, -0.1) is 0 Å². The fourth-order valence-electron chi connectivity index (χ4n) is 2.06. The predicted molar refractivity (Wildman–Crippen MR) is 89.5 cm³/mol. The molecule has 0 saturated carbocycles. The molecule has 0 unspecified atom stereocenters. The van der Waals surface area contributed by atoms with Crippen LogP contribution in [0.4, 0.5) is 4.79 Å². The molecule has 0 radical (unpaired) electrons. The van der Waals surface area contributed by atoms with Crippen molar-refractivity contribution in [3.63, 3.8) is 0 Å². The van der Waals surface area contributed by atoms with Crippen LogP contribution < -0.4 is 5.59 Å². The van der Waals surface area contributed by atoms with Crippen LogP contribution in [0.2, 0.25) is 0 Å². The highest BCUT2D eigenvalue weighted by Gasteiger charge is 2.53. The molecule has 0 aliphatic carbocycles. The second-order valence-electron chi connectivity index (χ2n) is 7.52. The van der Waals surface area contributed by atoms with Gasteiger partial charge in [-0.05, 0) is 70.5 Å². The van der Waals surface area contributed by atoms with E-state index in [0.29, 0.717) is 5.59 Å². The highest BCUT2D eigenvalue weighted by Crippen LogP contribution is 2.36. The molecule has 0 aromatic carbocycles. The van der Waals surface area contributed by atoms with Crippen molar-refractivity contribution >= 4 is 34.7 Å². The fraction of sp³-hybridized carbons (Fsp3) is 0.667. The quantitative estimate of drug-likeness (QED) is 0.710. The van der Waals surface area contributed by atoms with Crippen molar-refractivity contribution < 1.29 is 18.8 Å². The summed E-state index contributed by atoms with van der Waals surface area (Å²) in [5.74, 6) is 0. The molecule has 0 spiro atoms. The molecule has 1 aromatic heterocycles. The van der Waals surface area contributed by atoms with Gasteiger partial charge < -0.3 is 14.0 Å². The molecule has 7 heteroatoms. The summed E-state index contributed by atoms with van der Waals surface area (Å²) in [6.45, 7) is 13.4. The van der Waals surface area contributed by atoms with E-state index in [2.05, 4.69) is 15.9 Å². The van der Waals surface area contributed by atoms with Crippen LogP contribution in [0.5, 0.6) is 0 Å². The summed E-state index contributed by atoms with van der Waals surface area (Å²) in [7, 11) is -0.621. The Labute approximate surface area is 140 Å². The van der Waals surface area contributed by atoms with Gasteiger partial charge >= 0.3 is 13.2 Å². The van der Waals surface area contributed by atoms with Gasteiger partial charge in [-0.1, -0.05) is 0 Å². The van der Waals surface area contributed by atoms with Gasteiger partial charge in [0.25, 0.3) is 0 Å². The molecule has 1 saturated heterocycles. The highest BCUT2D eigenvalue weighted by molar-refractivity contribution is 9.10. The lowest BCUT2D eigenvalue weighted by Gasteiger charge is -2.32. The van der Waals surface area contributed by atoms with E-state index in [-0.39, 0.29) is 0 Å². The zero-order valence-corrected chi connectivity index (χ0v) is 15.8. The number of nitrogens with zero attached hydrogens (tertiary/aromatic N) is 1. The Kier molecular flexibility index (Phi) is 4.30. The van der Waals surface area contributed by atoms with Crippen LogP contribution in [0.15, 0.2) is 16.7 Å². The normalized spacial score (nSPS) is 20.3. The molecule has 1 aliphatic rings. The second-order valence-corrected chi connectivity index (χ2v) is 8.44. The Bertz CT molecular complexity index is 573. The van der Waals surface area contributed by atoms with Crippen LogP contribution in [-0.4, -0.2) is 34.6 Å². The van der Waals surface area contributed by atoms with Crippen LogP contribution in [0, 0.1) is 0 Å². The van der Waals surface area contributed by atoms with Gasteiger partial charge in [0, 0.05) is 10.7 Å². The molecule has 2 heterocycles. The zero-order chi connectivity index (χ0) is 16.9. The maximum Gasteiger partial charge on any atom is 0.513 e. The summed E-state index contributed by atoms with van der Waals surface area (Å²) >= 11 is 3.40. The van der Waals surface area contributed by atoms with Gasteiger partial charge in [0.15, 0.2) is 0 Å². The number of carbonyl (C=O) groups is 1. The smallest absolute Gasteiger partial charge is 0.443 e. The molecule has 122 valence electrons. The third kappa shape index (κ3) is 3.41. The summed E-state index contributed by atoms with van der Waals surface area (Å²) < 4.78 is 19.7. The second kappa shape index (κ2) is 5.39. The summed E-state index contributed by atoms with van der Waals surface area (Å²) in [4.78, 5) is 12.4. The Hall–Kier alpha value is -0.785. The first-order valence-corrected chi connectivity index (χ1v) is 8.08. The van der Waals surface area contributed by atoms with Crippen LogP contribution in [0.1, 0.15) is 48.5 Å². The third-order valence-corrected chi connectivity index (χ3v) is 4.33. The molecular formula is C15H23BBrNO4. The molecule has 0 amide bonds. The van der Waals surface area contributed by atoms with E-state index in [0.717, 1.165) is 4.47 Å². The van der Waals surface area contributed by atoms with Crippen molar-refractivity contribution in [3.05, 3.63) is 16.7 Å². The summed E-state index contributed by atoms with van der Waals surface area (Å²) in [6.07, 6.45) is 1.21. The maximum absolute atomic E-state index is 12.4. The predicted octanol–water partition coefficient (Wildman–Crippen LogP) is 3.33. The minimum Gasteiger partial charge on any atom is -0.443 e. The zero-order valence-electron chi connectivity index (χ0n) is 14.2. The molecule has 1 aromatic rings. The third-order valence-electron chi connectivity index (χ3n) is 3.90. The van der Waals surface area contributed by atoms with E-state index >= 15 is 0 Å². The number of halogens is 1. The van der Waals surface area contributed by atoms with Gasteiger partial charge in [-0.25, -0.2) is 4.79 Å². The van der Waals surface area contributed by atoms with Crippen LogP contribution >= 0.6 is 15.9 Å². The van der Waals surface area contributed by atoms with E-state index in [1.165, 1.54) is 4.57 Å². The Morgan fingerprint density at radius 2 is 1.73 bits per heavy atom. The monoisotopic (exact) mass is 371 g/mol. The molecule has 1 aliphatic heterocycles. The maximum atomic E-state index is 12.4. The van der Waals surface area contributed by atoms with E-state index in [9.17, 15) is 4.79 Å². The van der Waals surface area contributed by atoms with Crippen molar-refractivity contribution in [2.24, 2.45) is 0 Å². The molecular weight excluding hydrogens is 349 g/mol. The van der Waals surface area contributed by atoms with E-state index < -0.39 is 30.0 Å². The number of aromatic nitrogens is 1. The lowest BCUT2D eigenvalue weighted by Crippen LogP contribution is -2.42. The SMILES string of the molecule is CC(C)(C)OC(=O)n1cc(Br)cc1B1OC(C)(C)C(C)(C)O1. The van der Waals surface area contributed by atoms with Crippen LogP contribution in [0.25, 0.3) is 0 Å². The standard InChI is InChI=1S/C15H23BBrNO4/c1-13(2,3)20-12(19)18-9-10(17)8-11(18)16-21-14(4,5)15(6,7)22-16/h8-9H,1-7H3. The van der Waals surface area contributed by atoms with Crippen LogP contribution in [-0.2, 0) is 14.0 Å². The van der Waals surface area contributed by atoms with Gasteiger partial charge in [0.05, 0.1) is 16.8 Å². The van der Waals surface area contributed by atoms with Crippen molar-refractivity contribution in [1.82, 2.24) is 4.57 Å². The lowest BCUT2D eigenvalue weighted by atomic mass is 9.85. The first-order valence-electron chi connectivity index (χ1n) is 7.29. The average molecular weight is 372 g/mol. The largest absolute Gasteiger partial charge is 0.513 e. The Morgan fingerprint density at radius 1 is 1.23 bits per heavy atom. The molecule has 0 atom stereocenters. The summed E-state index contributed by atoms with van der Waals surface area (Å²) in [5.41, 5.74) is -0.888. The Balaban J connectivity index is 2.32. The van der Waals surface area contributed by atoms with Gasteiger partial charge in [-0.3, -0.25) is 4.57 Å². The lowest BCUT2D eigenvalue weighted by molar-refractivity contribution is 0.00578. The molecule has 0 N–H and O–H groups in total. The van der Waals surface area contributed by atoms with Crippen LogP contribution in [0.3, 0.4) is 0 Å². The van der Waals surface area contributed by atoms with Crippen molar-refractivity contribution in [3.8, 4) is 0 Å². The van der Waals surface area contributed by atoms with E-state index in [4.69, 9.17) is 14.0 Å². The number of hydrogen-bond acceptors (Lipinski definition) is 4. The first kappa shape index (κ1) is 17.6. The van der Waals surface area contributed by atoms with Gasteiger partial charge in [-0.2, -0.15) is 0 Å². The van der Waals surface area contributed by atoms with E-state index in [1.54, 1.807) is 6.20 Å². The van der Waals surface area contributed by atoms with E-state index in [1.807, 2.05) is 54.5 Å². The number of hydrogen-bond donors (Lipinski definition) is 0. The Morgan fingerprint density at radius 3 is 2.18 bits per heavy atom. The molecule has 2 rings (SSSR count). The minimum absolute atomic E-state index is 0.456. The molecule has 1 fully saturated rings. The number of rotatable bonds is 1. The number of ether oxygens (including phenoxy) is 1. The van der Waals surface area contributed by atoms with Crippen molar-refractivity contribution in [2.45, 2.75) is 65.3 Å². The van der Waals surface area contributed by atoms with Crippen molar-refractivity contribution in [2.75, 3.05) is 0 Å². The first-order chi connectivity index (χ1) is 9.82. The molecule has 0 bridgehead atoms. The number of carbonyl (C=O) groups excluding carboxylic acids is 1. The molecule has 5 nitrogen and oxygen atoms in total. The highest BCUT2D eigenvalue weighted by atomic mass is 79.9. The van der Waals surface area contributed by atoms with Gasteiger partial charge in [0.2, 0.25) is 0 Å². The van der Waals surface area contributed by atoms with Gasteiger partial charge in [0.1, 0.15) is 5.60 Å². The minimum atomic E-state index is -0.621. The van der Waals surface area contributed by atoms with Crippen molar-refractivity contribution in [1.29, 1.82) is 0 Å².